The van der Waals surface area contributed by atoms with Gasteiger partial charge in [-0.15, -0.1) is 0 Å². The SMILES string of the molecule is O=C(c1ccc(-c2ccccc2)cc1)N1CCN(C(=O)C2CCC2)CC1. The van der Waals surface area contributed by atoms with Crippen molar-refractivity contribution in [3.63, 3.8) is 0 Å². The van der Waals surface area contributed by atoms with Crippen molar-refractivity contribution in [2.45, 2.75) is 19.3 Å². The van der Waals surface area contributed by atoms with Crippen LogP contribution in [0.15, 0.2) is 54.6 Å². The highest BCUT2D eigenvalue weighted by Gasteiger charge is 2.32. The molecule has 2 aromatic carbocycles. The molecule has 0 bridgehead atoms. The second-order valence-electron chi connectivity index (χ2n) is 7.19. The van der Waals surface area contributed by atoms with Gasteiger partial charge in [-0.2, -0.15) is 0 Å². The first-order valence-corrected chi connectivity index (χ1v) is 9.46. The number of carbonyl (C=O) groups excluding carboxylic acids is 2. The van der Waals surface area contributed by atoms with E-state index >= 15 is 0 Å². The van der Waals surface area contributed by atoms with Gasteiger partial charge in [0, 0.05) is 37.7 Å². The number of piperazine rings is 1. The van der Waals surface area contributed by atoms with Gasteiger partial charge in [-0.05, 0) is 36.1 Å². The normalized spacial score (nSPS) is 17.7. The third-order valence-corrected chi connectivity index (χ3v) is 5.57. The predicted molar refractivity (Wildman–Crippen MR) is 102 cm³/mol. The molecule has 1 heterocycles. The zero-order valence-electron chi connectivity index (χ0n) is 14.9. The van der Waals surface area contributed by atoms with Gasteiger partial charge in [0.05, 0.1) is 0 Å². The standard InChI is InChI=1S/C22H24N2O2/c25-21(19-7-4-8-19)23-13-15-24(16-14-23)22(26)20-11-9-18(10-12-20)17-5-2-1-3-6-17/h1-3,5-6,9-12,19H,4,7-8,13-16H2. The molecular formula is C22H24N2O2. The molecule has 0 aromatic heterocycles. The summed E-state index contributed by atoms with van der Waals surface area (Å²) in [6, 6.07) is 17.9. The van der Waals surface area contributed by atoms with Crippen LogP contribution in [0.3, 0.4) is 0 Å². The molecule has 2 aliphatic rings. The number of hydrogen-bond donors (Lipinski definition) is 0. The van der Waals surface area contributed by atoms with Crippen molar-refractivity contribution in [1.29, 1.82) is 0 Å². The second kappa shape index (κ2) is 7.32. The fourth-order valence-electron chi connectivity index (χ4n) is 3.66. The van der Waals surface area contributed by atoms with E-state index in [1.165, 1.54) is 6.42 Å². The predicted octanol–water partition coefficient (Wildman–Crippen LogP) is 3.44. The van der Waals surface area contributed by atoms with E-state index < -0.39 is 0 Å². The Kier molecular flexibility index (Phi) is 4.74. The minimum absolute atomic E-state index is 0.0559. The highest BCUT2D eigenvalue weighted by atomic mass is 16.2. The van der Waals surface area contributed by atoms with E-state index in [0.717, 1.165) is 24.0 Å². The van der Waals surface area contributed by atoms with Gasteiger partial charge in [0.1, 0.15) is 0 Å². The number of amides is 2. The van der Waals surface area contributed by atoms with Gasteiger partial charge in [-0.1, -0.05) is 48.9 Å². The van der Waals surface area contributed by atoms with Crippen LogP contribution in [0.2, 0.25) is 0 Å². The molecule has 0 N–H and O–H groups in total. The molecule has 134 valence electrons. The van der Waals surface area contributed by atoms with Crippen LogP contribution in [0, 0.1) is 5.92 Å². The Morgan fingerprint density at radius 2 is 1.31 bits per heavy atom. The Morgan fingerprint density at radius 1 is 0.731 bits per heavy atom. The van der Waals surface area contributed by atoms with Crippen LogP contribution >= 0.6 is 0 Å². The monoisotopic (exact) mass is 348 g/mol. The summed E-state index contributed by atoms with van der Waals surface area (Å²) in [4.78, 5) is 28.9. The lowest BCUT2D eigenvalue weighted by Gasteiger charge is -2.38. The van der Waals surface area contributed by atoms with E-state index in [9.17, 15) is 9.59 Å². The molecule has 2 aromatic rings. The van der Waals surface area contributed by atoms with Crippen molar-refractivity contribution >= 4 is 11.8 Å². The van der Waals surface area contributed by atoms with Crippen molar-refractivity contribution in [2.24, 2.45) is 5.92 Å². The van der Waals surface area contributed by atoms with Crippen LogP contribution in [0.25, 0.3) is 11.1 Å². The molecule has 26 heavy (non-hydrogen) atoms. The molecule has 1 saturated carbocycles. The molecule has 2 amide bonds. The summed E-state index contributed by atoms with van der Waals surface area (Å²) in [6.45, 7) is 2.56. The Bertz CT molecular complexity index is 774. The first kappa shape index (κ1) is 16.8. The van der Waals surface area contributed by atoms with Gasteiger partial charge < -0.3 is 9.80 Å². The van der Waals surface area contributed by atoms with Crippen LogP contribution in [-0.2, 0) is 4.79 Å². The number of hydrogen-bond acceptors (Lipinski definition) is 2. The Labute approximate surface area is 154 Å². The maximum Gasteiger partial charge on any atom is 0.253 e. The molecule has 0 atom stereocenters. The molecular weight excluding hydrogens is 324 g/mol. The van der Waals surface area contributed by atoms with E-state index in [-0.39, 0.29) is 17.7 Å². The molecule has 1 aliphatic heterocycles. The maximum atomic E-state index is 12.7. The van der Waals surface area contributed by atoms with Crippen molar-refractivity contribution in [3.05, 3.63) is 60.2 Å². The van der Waals surface area contributed by atoms with E-state index in [1.807, 2.05) is 52.3 Å². The van der Waals surface area contributed by atoms with Gasteiger partial charge in [0.25, 0.3) is 5.91 Å². The summed E-state index contributed by atoms with van der Waals surface area (Å²) in [6.07, 6.45) is 3.24. The van der Waals surface area contributed by atoms with Gasteiger partial charge >= 0.3 is 0 Å². The molecule has 4 nitrogen and oxygen atoms in total. The maximum absolute atomic E-state index is 12.7. The average molecular weight is 348 g/mol. The van der Waals surface area contributed by atoms with Crippen LogP contribution in [0.4, 0.5) is 0 Å². The topological polar surface area (TPSA) is 40.6 Å². The van der Waals surface area contributed by atoms with Crippen LogP contribution < -0.4 is 0 Å². The highest BCUT2D eigenvalue weighted by Crippen LogP contribution is 2.28. The van der Waals surface area contributed by atoms with Crippen molar-refractivity contribution < 1.29 is 9.59 Å². The summed E-state index contributed by atoms with van der Waals surface area (Å²) < 4.78 is 0. The molecule has 1 aliphatic carbocycles. The fourth-order valence-corrected chi connectivity index (χ4v) is 3.66. The van der Waals surface area contributed by atoms with Gasteiger partial charge in [0.2, 0.25) is 5.91 Å². The Morgan fingerprint density at radius 3 is 1.88 bits per heavy atom. The third-order valence-electron chi connectivity index (χ3n) is 5.57. The largest absolute Gasteiger partial charge is 0.339 e. The zero-order chi connectivity index (χ0) is 17.9. The van der Waals surface area contributed by atoms with Crippen LogP contribution in [-0.4, -0.2) is 47.8 Å². The summed E-state index contributed by atoms with van der Waals surface area (Å²) >= 11 is 0. The van der Waals surface area contributed by atoms with E-state index in [2.05, 4.69) is 12.1 Å². The third kappa shape index (κ3) is 3.36. The van der Waals surface area contributed by atoms with Gasteiger partial charge in [0.15, 0.2) is 0 Å². The van der Waals surface area contributed by atoms with Crippen molar-refractivity contribution in [3.8, 4) is 11.1 Å². The number of nitrogens with zero attached hydrogens (tertiary/aromatic N) is 2. The molecule has 4 rings (SSSR count). The lowest BCUT2D eigenvalue weighted by molar-refractivity contribution is -0.139. The smallest absolute Gasteiger partial charge is 0.253 e. The van der Waals surface area contributed by atoms with E-state index in [4.69, 9.17) is 0 Å². The average Bonchev–Trinajstić information content (AvgIpc) is 2.67. The summed E-state index contributed by atoms with van der Waals surface area (Å²) in [5, 5.41) is 0. The van der Waals surface area contributed by atoms with E-state index in [1.54, 1.807) is 0 Å². The second-order valence-corrected chi connectivity index (χ2v) is 7.19. The Hall–Kier alpha value is -2.62. The Balaban J connectivity index is 1.37. The zero-order valence-corrected chi connectivity index (χ0v) is 14.9. The molecule has 0 unspecified atom stereocenters. The van der Waals surface area contributed by atoms with Gasteiger partial charge in [-0.25, -0.2) is 0 Å². The first-order chi connectivity index (χ1) is 12.7. The summed E-state index contributed by atoms with van der Waals surface area (Å²) in [5.41, 5.74) is 2.97. The van der Waals surface area contributed by atoms with Crippen molar-refractivity contribution in [1.82, 2.24) is 9.80 Å². The minimum Gasteiger partial charge on any atom is -0.339 e. The highest BCUT2D eigenvalue weighted by molar-refractivity contribution is 5.95. The minimum atomic E-state index is 0.0559. The lowest BCUT2D eigenvalue weighted by Crippen LogP contribution is -2.52. The van der Waals surface area contributed by atoms with E-state index in [0.29, 0.717) is 31.7 Å². The molecule has 4 heteroatoms. The lowest BCUT2D eigenvalue weighted by atomic mass is 9.84. The molecule has 0 spiro atoms. The number of rotatable bonds is 3. The van der Waals surface area contributed by atoms with Crippen molar-refractivity contribution in [2.75, 3.05) is 26.2 Å². The summed E-state index contributed by atoms with van der Waals surface area (Å²) in [5.74, 6) is 0.582. The van der Waals surface area contributed by atoms with Crippen LogP contribution in [0.5, 0.6) is 0 Å². The fraction of sp³-hybridized carbons (Fsp3) is 0.364. The van der Waals surface area contributed by atoms with Crippen LogP contribution in [0.1, 0.15) is 29.6 Å². The van der Waals surface area contributed by atoms with Gasteiger partial charge in [-0.3, -0.25) is 9.59 Å². The molecule has 1 saturated heterocycles. The number of benzene rings is 2. The summed E-state index contributed by atoms with van der Waals surface area (Å²) in [7, 11) is 0. The quantitative estimate of drug-likeness (QED) is 0.852. The molecule has 0 radical (unpaired) electrons. The first-order valence-electron chi connectivity index (χ1n) is 9.46. The molecule has 2 fully saturated rings. The number of carbonyl (C=O) groups is 2.